The normalized spacial score (nSPS) is 20.4. The first-order chi connectivity index (χ1) is 13.3. The minimum Gasteiger partial charge on any atom is -0.443 e. The van der Waals surface area contributed by atoms with Gasteiger partial charge in [0, 0.05) is 25.5 Å². The van der Waals surface area contributed by atoms with Crippen LogP contribution < -0.4 is 11.1 Å². The van der Waals surface area contributed by atoms with Gasteiger partial charge in [-0.05, 0) is 28.8 Å². The number of primary amides is 1. The highest BCUT2D eigenvalue weighted by Crippen LogP contribution is 2.31. The number of aliphatic hydroxyl groups excluding tert-OH is 2. The van der Waals surface area contributed by atoms with Gasteiger partial charge in [0.15, 0.2) is 0 Å². The van der Waals surface area contributed by atoms with E-state index in [0.717, 1.165) is 29.3 Å². The molecule has 1 aliphatic carbocycles. The standard InChI is InChI=1S/C20H22F2N2O4/c21-13-5-11(6-14(22)9-13)7-18(28-20(23)27)17(26)10-24-19-15-4-2-1-3-12(15)8-16(19)25/h1-6,9,16-19,24-26H,7-8,10H2,(H2,23,27)/t16-,17-,18-,19+/m0/s1. The Morgan fingerprint density at radius 2 is 1.93 bits per heavy atom. The first-order valence-electron chi connectivity index (χ1n) is 8.92. The van der Waals surface area contributed by atoms with Gasteiger partial charge in [-0.3, -0.25) is 0 Å². The second kappa shape index (κ2) is 8.64. The average molecular weight is 392 g/mol. The van der Waals surface area contributed by atoms with Crippen LogP contribution >= 0.6 is 0 Å². The summed E-state index contributed by atoms with van der Waals surface area (Å²) in [5.41, 5.74) is 7.23. The van der Waals surface area contributed by atoms with Crippen LogP contribution in [0.4, 0.5) is 13.6 Å². The van der Waals surface area contributed by atoms with Crippen molar-refractivity contribution >= 4 is 6.09 Å². The van der Waals surface area contributed by atoms with Crippen LogP contribution in [0, 0.1) is 11.6 Å². The average Bonchev–Trinajstić information content (AvgIpc) is 2.93. The molecule has 0 aliphatic heterocycles. The summed E-state index contributed by atoms with van der Waals surface area (Å²) in [7, 11) is 0. The number of carbonyl (C=O) groups is 1. The zero-order valence-electron chi connectivity index (χ0n) is 15.0. The number of aliphatic hydroxyl groups is 2. The zero-order chi connectivity index (χ0) is 20.3. The van der Waals surface area contributed by atoms with Crippen molar-refractivity contribution in [2.24, 2.45) is 5.73 Å². The lowest BCUT2D eigenvalue weighted by atomic mass is 10.0. The van der Waals surface area contributed by atoms with E-state index in [1.165, 1.54) is 0 Å². The summed E-state index contributed by atoms with van der Waals surface area (Å²) in [6.07, 6.45) is -3.71. The Bertz CT molecular complexity index is 828. The topological polar surface area (TPSA) is 105 Å². The summed E-state index contributed by atoms with van der Waals surface area (Å²) in [5, 5.41) is 23.8. The van der Waals surface area contributed by atoms with Crippen molar-refractivity contribution in [3.8, 4) is 0 Å². The van der Waals surface area contributed by atoms with E-state index in [4.69, 9.17) is 10.5 Å². The van der Waals surface area contributed by atoms with Crippen molar-refractivity contribution < 1.29 is 28.5 Å². The number of amides is 1. The summed E-state index contributed by atoms with van der Waals surface area (Å²) in [6, 6.07) is 10.1. The predicted octanol–water partition coefficient (Wildman–Crippen LogP) is 1.58. The Balaban J connectivity index is 1.68. The van der Waals surface area contributed by atoms with Gasteiger partial charge in [0.25, 0.3) is 0 Å². The maximum atomic E-state index is 13.4. The molecule has 28 heavy (non-hydrogen) atoms. The first kappa shape index (κ1) is 20.2. The number of rotatable bonds is 7. The van der Waals surface area contributed by atoms with E-state index in [1.54, 1.807) is 0 Å². The molecule has 0 bridgehead atoms. The number of benzene rings is 2. The molecule has 5 N–H and O–H groups in total. The molecule has 0 saturated heterocycles. The van der Waals surface area contributed by atoms with Crippen LogP contribution in [0.25, 0.3) is 0 Å². The highest BCUT2D eigenvalue weighted by atomic mass is 19.1. The van der Waals surface area contributed by atoms with Gasteiger partial charge in [0.1, 0.15) is 23.8 Å². The third-order valence-corrected chi connectivity index (χ3v) is 4.81. The minimum absolute atomic E-state index is 0.0220. The van der Waals surface area contributed by atoms with Crippen LogP contribution in [0.1, 0.15) is 22.7 Å². The molecule has 6 nitrogen and oxygen atoms in total. The van der Waals surface area contributed by atoms with Crippen molar-refractivity contribution in [1.29, 1.82) is 0 Å². The molecule has 1 aliphatic rings. The van der Waals surface area contributed by atoms with Gasteiger partial charge in [-0.15, -0.1) is 0 Å². The Morgan fingerprint density at radius 1 is 1.25 bits per heavy atom. The number of halogens is 2. The molecule has 2 aromatic carbocycles. The second-order valence-corrected chi connectivity index (χ2v) is 6.88. The maximum Gasteiger partial charge on any atom is 0.404 e. The number of carbonyl (C=O) groups excluding carboxylic acids is 1. The summed E-state index contributed by atoms with van der Waals surface area (Å²) in [6.45, 7) is -0.0220. The molecule has 4 atom stereocenters. The Labute approximate surface area is 160 Å². The van der Waals surface area contributed by atoms with E-state index >= 15 is 0 Å². The second-order valence-electron chi connectivity index (χ2n) is 6.88. The molecule has 3 rings (SSSR count). The molecule has 0 unspecified atom stereocenters. The number of fused-ring (bicyclic) bond motifs is 1. The number of hydrogen-bond acceptors (Lipinski definition) is 5. The fraction of sp³-hybridized carbons (Fsp3) is 0.350. The lowest BCUT2D eigenvalue weighted by Crippen LogP contribution is -2.43. The van der Waals surface area contributed by atoms with Gasteiger partial charge < -0.3 is 26.0 Å². The van der Waals surface area contributed by atoms with E-state index in [9.17, 15) is 23.8 Å². The lowest BCUT2D eigenvalue weighted by molar-refractivity contribution is 0.00352. The molecule has 0 radical (unpaired) electrons. The molecule has 0 saturated carbocycles. The lowest BCUT2D eigenvalue weighted by Gasteiger charge is -2.25. The molecule has 0 heterocycles. The number of ether oxygens (including phenoxy) is 1. The fourth-order valence-electron chi connectivity index (χ4n) is 3.57. The molecular weight excluding hydrogens is 370 g/mol. The van der Waals surface area contributed by atoms with Gasteiger partial charge in [0.05, 0.1) is 12.1 Å². The smallest absolute Gasteiger partial charge is 0.404 e. The van der Waals surface area contributed by atoms with Crippen molar-refractivity contribution in [2.75, 3.05) is 6.54 Å². The molecular formula is C20H22F2N2O4. The highest BCUT2D eigenvalue weighted by molar-refractivity contribution is 5.64. The van der Waals surface area contributed by atoms with Crippen LogP contribution in [0.2, 0.25) is 0 Å². The van der Waals surface area contributed by atoms with Crippen molar-refractivity contribution in [2.45, 2.75) is 37.2 Å². The third-order valence-electron chi connectivity index (χ3n) is 4.81. The SMILES string of the molecule is NC(=O)O[C@@H](Cc1cc(F)cc(F)c1)[C@@H](O)CN[C@@H]1c2ccccc2C[C@@H]1O. The molecule has 2 aromatic rings. The van der Waals surface area contributed by atoms with Crippen LogP contribution in [-0.2, 0) is 17.6 Å². The predicted molar refractivity (Wildman–Crippen MR) is 97.4 cm³/mol. The number of nitrogens with one attached hydrogen (secondary N) is 1. The van der Waals surface area contributed by atoms with E-state index < -0.39 is 36.0 Å². The Hall–Kier alpha value is -2.55. The van der Waals surface area contributed by atoms with E-state index in [1.807, 2.05) is 24.3 Å². The summed E-state index contributed by atoms with van der Waals surface area (Å²) in [4.78, 5) is 11.2. The summed E-state index contributed by atoms with van der Waals surface area (Å²) >= 11 is 0. The molecule has 0 fully saturated rings. The van der Waals surface area contributed by atoms with E-state index in [0.29, 0.717) is 6.42 Å². The van der Waals surface area contributed by atoms with Crippen molar-refractivity contribution in [3.05, 3.63) is 70.8 Å². The molecule has 0 aromatic heterocycles. The number of hydrogen-bond donors (Lipinski definition) is 4. The third kappa shape index (κ3) is 4.83. The van der Waals surface area contributed by atoms with Gasteiger partial charge in [-0.1, -0.05) is 24.3 Å². The fourth-order valence-corrected chi connectivity index (χ4v) is 3.57. The van der Waals surface area contributed by atoms with Crippen LogP contribution in [0.3, 0.4) is 0 Å². The van der Waals surface area contributed by atoms with Gasteiger partial charge in [-0.2, -0.15) is 0 Å². The van der Waals surface area contributed by atoms with Crippen LogP contribution in [0.5, 0.6) is 0 Å². The summed E-state index contributed by atoms with van der Waals surface area (Å²) in [5.74, 6) is -1.54. The number of nitrogens with two attached hydrogens (primary N) is 1. The van der Waals surface area contributed by atoms with Gasteiger partial charge in [0.2, 0.25) is 0 Å². The van der Waals surface area contributed by atoms with Gasteiger partial charge in [-0.25, -0.2) is 13.6 Å². The molecule has 8 heteroatoms. The van der Waals surface area contributed by atoms with Crippen molar-refractivity contribution in [3.63, 3.8) is 0 Å². The van der Waals surface area contributed by atoms with E-state index in [2.05, 4.69) is 5.32 Å². The minimum atomic E-state index is -1.21. The Kier molecular flexibility index (Phi) is 6.23. The molecule has 1 amide bonds. The largest absolute Gasteiger partial charge is 0.443 e. The van der Waals surface area contributed by atoms with Gasteiger partial charge >= 0.3 is 6.09 Å². The molecule has 0 spiro atoms. The quantitative estimate of drug-likeness (QED) is 0.573. The van der Waals surface area contributed by atoms with E-state index in [-0.39, 0.29) is 24.6 Å². The monoisotopic (exact) mass is 392 g/mol. The first-order valence-corrected chi connectivity index (χ1v) is 8.92. The summed E-state index contributed by atoms with van der Waals surface area (Å²) < 4.78 is 31.8. The maximum absolute atomic E-state index is 13.4. The van der Waals surface area contributed by atoms with Crippen LogP contribution in [0.15, 0.2) is 42.5 Å². The zero-order valence-corrected chi connectivity index (χ0v) is 15.0. The highest BCUT2D eigenvalue weighted by Gasteiger charge is 2.32. The molecule has 150 valence electrons. The van der Waals surface area contributed by atoms with Crippen molar-refractivity contribution in [1.82, 2.24) is 5.32 Å². The Morgan fingerprint density at radius 3 is 2.61 bits per heavy atom. The van der Waals surface area contributed by atoms with Crippen LogP contribution in [-0.4, -0.2) is 41.2 Å².